The molecule has 0 aliphatic rings. The molecule has 0 amide bonds. The molecule has 1 atom stereocenters. The second-order valence-corrected chi connectivity index (χ2v) is 3.47. The number of halogens is 3. The van der Waals surface area contributed by atoms with E-state index in [-0.39, 0.29) is 11.3 Å². The molecule has 1 heterocycles. The molecule has 0 radical (unpaired) electrons. The van der Waals surface area contributed by atoms with Crippen molar-refractivity contribution in [1.82, 2.24) is 9.19 Å². The maximum atomic E-state index is 12.2. The van der Waals surface area contributed by atoms with Gasteiger partial charge in [-0.3, -0.25) is 4.55 Å². The Hall–Kier alpha value is -0.890. The summed E-state index contributed by atoms with van der Waals surface area (Å²) in [5, 5.41) is 3.02. The van der Waals surface area contributed by atoms with E-state index in [4.69, 9.17) is 4.55 Å². The van der Waals surface area contributed by atoms with Crippen LogP contribution in [0, 0.1) is 13.8 Å². The molecule has 1 aromatic rings. The van der Waals surface area contributed by atoms with Crippen molar-refractivity contribution in [2.45, 2.75) is 20.0 Å². The molecule has 0 spiro atoms. The van der Waals surface area contributed by atoms with Crippen LogP contribution in [0.15, 0.2) is 0 Å². The second-order valence-electron chi connectivity index (χ2n) is 2.66. The lowest BCUT2D eigenvalue weighted by Crippen LogP contribution is -2.10. The monoisotopic (exact) mass is 228 g/mol. The van der Waals surface area contributed by atoms with E-state index in [1.807, 2.05) is 0 Å². The molecule has 1 N–H and O–H groups in total. The Morgan fingerprint density at radius 1 is 1.43 bits per heavy atom. The van der Waals surface area contributed by atoms with Gasteiger partial charge < -0.3 is 0 Å². The summed E-state index contributed by atoms with van der Waals surface area (Å²) in [7, 11) is 0. The minimum absolute atomic E-state index is 0.0261. The highest BCUT2D eigenvalue weighted by Crippen LogP contribution is 2.31. The number of rotatable bonds is 1. The van der Waals surface area contributed by atoms with Crippen LogP contribution >= 0.6 is 0 Å². The predicted molar refractivity (Wildman–Crippen MR) is 42.9 cm³/mol. The van der Waals surface area contributed by atoms with E-state index in [0.717, 1.165) is 0 Å². The van der Waals surface area contributed by atoms with Gasteiger partial charge in [0.15, 0.2) is 5.69 Å². The van der Waals surface area contributed by atoms with Gasteiger partial charge in [0, 0.05) is 5.56 Å². The number of hydrogen-bond donors (Lipinski definition) is 1. The molecule has 0 bridgehead atoms. The molecular formula is C6H7F3N2O2S. The lowest BCUT2D eigenvalue weighted by atomic mass is 10.2. The Labute approximate surface area is 80.1 Å². The summed E-state index contributed by atoms with van der Waals surface area (Å²) in [5.41, 5.74) is -1.24. The quantitative estimate of drug-likeness (QED) is 0.741. The van der Waals surface area contributed by atoms with Gasteiger partial charge in [0.2, 0.25) is 0 Å². The van der Waals surface area contributed by atoms with Gasteiger partial charge in [-0.15, -0.1) is 0 Å². The average Bonchev–Trinajstić information content (AvgIpc) is 2.28. The van der Waals surface area contributed by atoms with E-state index in [2.05, 4.69) is 5.10 Å². The first-order valence-corrected chi connectivity index (χ1v) is 4.56. The fourth-order valence-electron chi connectivity index (χ4n) is 0.977. The Balaban J connectivity index is 3.37. The molecule has 1 rings (SSSR count). The lowest BCUT2D eigenvalue weighted by Gasteiger charge is -2.01. The summed E-state index contributed by atoms with van der Waals surface area (Å²) < 4.78 is 56.3. The highest BCUT2D eigenvalue weighted by atomic mass is 32.2. The smallest absolute Gasteiger partial charge is 0.288 e. The summed E-state index contributed by atoms with van der Waals surface area (Å²) >= 11 is -2.56. The Kier molecular flexibility index (Phi) is 2.68. The summed E-state index contributed by atoms with van der Waals surface area (Å²) in [6.07, 6.45) is -4.60. The molecule has 0 saturated heterocycles. The van der Waals surface area contributed by atoms with E-state index in [0.29, 0.717) is 4.09 Å². The zero-order valence-electron chi connectivity index (χ0n) is 7.29. The molecule has 0 aliphatic carbocycles. The van der Waals surface area contributed by atoms with Gasteiger partial charge in [0.1, 0.15) is 0 Å². The van der Waals surface area contributed by atoms with Crippen LogP contribution in [0.3, 0.4) is 0 Å². The first-order chi connectivity index (χ1) is 6.25. The van der Waals surface area contributed by atoms with Gasteiger partial charge in [0.25, 0.3) is 11.3 Å². The molecule has 1 unspecified atom stereocenters. The molecule has 0 fully saturated rings. The largest absolute Gasteiger partial charge is 0.435 e. The average molecular weight is 228 g/mol. The van der Waals surface area contributed by atoms with Crippen LogP contribution in [0.1, 0.15) is 17.0 Å². The van der Waals surface area contributed by atoms with E-state index >= 15 is 0 Å². The first-order valence-electron chi connectivity index (χ1n) is 3.50. The molecule has 4 nitrogen and oxygen atoms in total. The topological polar surface area (TPSA) is 55.1 Å². The van der Waals surface area contributed by atoms with Gasteiger partial charge in [-0.25, -0.2) is 4.21 Å². The van der Waals surface area contributed by atoms with Gasteiger partial charge in [-0.05, 0) is 13.8 Å². The van der Waals surface area contributed by atoms with Crippen LogP contribution in [0.25, 0.3) is 0 Å². The Bertz CT molecular complexity index is 385. The fraction of sp³-hybridized carbons (Fsp3) is 0.500. The van der Waals surface area contributed by atoms with Crippen molar-refractivity contribution in [3.05, 3.63) is 17.0 Å². The van der Waals surface area contributed by atoms with Gasteiger partial charge in [0.05, 0.1) is 5.69 Å². The predicted octanol–water partition coefficient (Wildman–Crippen LogP) is 1.50. The van der Waals surface area contributed by atoms with Crippen molar-refractivity contribution in [3.63, 3.8) is 0 Å². The molecular weight excluding hydrogens is 221 g/mol. The fourth-order valence-corrected chi connectivity index (χ4v) is 1.50. The Morgan fingerprint density at radius 2 is 1.93 bits per heavy atom. The van der Waals surface area contributed by atoms with Crippen LogP contribution in [0.2, 0.25) is 0 Å². The zero-order valence-corrected chi connectivity index (χ0v) is 8.11. The molecule has 8 heteroatoms. The number of aromatic nitrogens is 2. The minimum Gasteiger partial charge on any atom is -0.288 e. The van der Waals surface area contributed by atoms with E-state index in [1.165, 1.54) is 13.8 Å². The van der Waals surface area contributed by atoms with Crippen LogP contribution in [-0.4, -0.2) is 17.9 Å². The number of nitrogens with zero attached hydrogens (tertiary/aromatic N) is 2. The van der Waals surface area contributed by atoms with Crippen molar-refractivity contribution in [2.75, 3.05) is 0 Å². The normalized spacial score (nSPS) is 14.4. The summed E-state index contributed by atoms with van der Waals surface area (Å²) in [5.74, 6) is 0. The van der Waals surface area contributed by atoms with E-state index in [1.54, 1.807) is 0 Å². The standard InChI is InChI=1S/C6H7F3N2O2S/c1-3-4(2)11(14(12)13)10-5(3)6(7,8)9/h1-2H3,(H,12,13). The summed E-state index contributed by atoms with van der Waals surface area (Å²) in [6, 6.07) is 0. The van der Waals surface area contributed by atoms with Crippen molar-refractivity contribution in [3.8, 4) is 0 Å². The number of alkyl halides is 3. The first kappa shape index (κ1) is 11.2. The van der Waals surface area contributed by atoms with Crippen LogP contribution < -0.4 is 0 Å². The molecule has 0 saturated carbocycles. The van der Waals surface area contributed by atoms with E-state index < -0.39 is 23.1 Å². The van der Waals surface area contributed by atoms with Crippen LogP contribution in [0.5, 0.6) is 0 Å². The Morgan fingerprint density at radius 3 is 2.14 bits per heavy atom. The van der Waals surface area contributed by atoms with Crippen molar-refractivity contribution in [2.24, 2.45) is 0 Å². The third kappa shape index (κ3) is 1.80. The summed E-state index contributed by atoms with van der Waals surface area (Å²) in [4.78, 5) is 0. The highest BCUT2D eigenvalue weighted by Gasteiger charge is 2.37. The third-order valence-electron chi connectivity index (χ3n) is 1.79. The molecule has 0 aliphatic heterocycles. The SMILES string of the molecule is Cc1c(C(F)(F)F)nn(S(=O)O)c1C. The van der Waals surface area contributed by atoms with Crippen LogP contribution in [0.4, 0.5) is 13.2 Å². The maximum Gasteiger partial charge on any atom is 0.435 e. The van der Waals surface area contributed by atoms with Crippen molar-refractivity contribution >= 4 is 11.3 Å². The summed E-state index contributed by atoms with van der Waals surface area (Å²) in [6.45, 7) is 2.50. The van der Waals surface area contributed by atoms with E-state index in [9.17, 15) is 17.4 Å². The zero-order chi connectivity index (χ0) is 11.1. The van der Waals surface area contributed by atoms with Crippen LogP contribution in [-0.2, 0) is 17.4 Å². The van der Waals surface area contributed by atoms with Gasteiger partial charge in [-0.1, -0.05) is 0 Å². The van der Waals surface area contributed by atoms with Crippen molar-refractivity contribution < 1.29 is 21.9 Å². The van der Waals surface area contributed by atoms with Crippen molar-refractivity contribution in [1.29, 1.82) is 0 Å². The highest BCUT2D eigenvalue weighted by molar-refractivity contribution is 7.77. The molecule has 0 aromatic carbocycles. The number of hydrogen-bond acceptors (Lipinski definition) is 2. The molecule has 80 valence electrons. The lowest BCUT2D eigenvalue weighted by molar-refractivity contribution is -0.141. The molecule has 1 aromatic heterocycles. The van der Waals surface area contributed by atoms with Gasteiger partial charge in [-0.2, -0.15) is 22.4 Å². The van der Waals surface area contributed by atoms with Gasteiger partial charge >= 0.3 is 6.18 Å². The minimum atomic E-state index is -4.60. The molecule has 14 heavy (non-hydrogen) atoms. The maximum absolute atomic E-state index is 12.2. The second kappa shape index (κ2) is 3.35. The third-order valence-corrected chi connectivity index (χ3v) is 2.44.